The van der Waals surface area contributed by atoms with Gasteiger partial charge in [0.15, 0.2) is 11.6 Å². The third-order valence-electron chi connectivity index (χ3n) is 2.85. The molecule has 1 unspecified atom stereocenters. The molecule has 19 heavy (non-hydrogen) atoms. The second kappa shape index (κ2) is 5.75. The number of hydrogen-bond acceptors (Lipinski definition) is 3. The van der Waals surface area contributed by atoms with E-state index in [2.05, 4.69) is 31.6 Å². The minimum absolute atomic E-state index is 0.135. The van der Waals surface area contributed by atoms with Crippen molar-refractivity contribution in [3.63, 3.8) is 0 Å². The number of aryl methyl sites for hydroxylation is 1. The number of nitrogens with one attached hydrogen (secondary N) is 1. The van der Waals surface area contributed by atoms with Gasteiger partial charge in [0, 0.05) is 25.7 Å². The SMILES string of the molecule is CNC(Cc1cn(C)nn1)c1ccc(F)c(F)c1Br. The second-order valence-electron chi connectivity index (χ2n) is 4.19. The maximum absolute atomic E-state index is 13.5. The van der Waals surface area contributed by atoms with E-state index in [4.69, 9.17) is 0 Å². The Labute approximate surface area is 117 Å². The van der Waals surface area contributed by atoms with Crippen LogP contribution < -0.4 is 5.32 Å². The third-order valence-corrected chi connectivity index (χ3v) is 3.66. The normalized spacial score (nSPS) is 12.7. The standard InChI is InChI=1S/C12H13BrF2N4/c1-16-10(5-7-6-19(2)18-17-7)8-3-4-9(14)12(15)11(8)13/h3-4,6,10,16H,5H2,1-2H3. The summed E-state index contributed by atoms with van der Waals surface area (Å²) in [5, 5.41) is 10.9. The van der Waals surface area contributed by atoms with Crippen molar-refractivity contribution in [1.82, 2.24) is 20.3 Å². The Kier molecular flexibility index (Phi) is 4.26. The average Bonchev–Trinajstić information content (AvgIpc) is 2.80. The van der Waals surface area contributed by atoms with Crippen LogP contribution in [0.5, 0.6) is 0 Å². The van der Waals surface area contributed by atoms with Crippen LogP contribution >= 0.6 is 15.9 Å². The van der Waals surface area contributed by atoms with Crippen LogP contribution in [0.15, 0.2) is 22.8 Å². The van der Waals surface area contributed by atoms with E-state index < -0.39 is 11.6 Å². The van der Waals surface area contributed by atoms with Crippen LogP contribution in [0.3, 0.4) is 0 Å². The van der Waals surface area contributed by atoms with Gasteiger partial charge in [-0.2, -0.15) is 0 Å². The lowest BCUT2D eigenvalue weighted by Gasteiger charge is -2.17. The lowest BCUT2D eigenvalue weighted by atomic mass is 10.0. The Balaban J connectivity index is 2.29. The lowest BCUT2D eigenvalue weighted by molar-refractivity contribution is 0.495. The number of rotatable bonds is 4. The average molecular weight is 331 g/mol. The molecule has 0 aliphatic carbocycles. The van der Waals surface area contributed by atoms with E-state index in [9.17, 15) is 8.78 Å². The summed E-state index contributed by atoms with van der Waals surface area (Å²) in [7, 11) is 3.53. The van der Waals surface area contributed by atoms with Gasteiger partial charge in [-0.3, -0.25) is 4.68 Å². The zero-order valence-electron chi connectivity index (χ0n) is 10.5. The van der Waals surface area contributed by atoms with Gasteiger partial charge >= 0.3 is 0 Å². The summed E-state index contributed by atoms with van der Waals surface area (Å²) in [4.78, 5) is 0. The Morgan fingerprint density at radius 1 is 1.42 bits per heavy atom. The Hall–Kier alpha value is -1.34. The summed E-state index contributed by atoms with van der Waals surface area (Å²) >= 11 is 3.09. The van der Waals surface area contributed by atoms with Crippen molar-refractivity contribution in [2.45, 2.75) is 12.5 Å². The summed E-state index contributed by atoms with van der Waals surface area (Å²) < 4.78 is 28.4. The summed E-state index contributed by atoms with van der Waals surface area (Å²) in [5.74, 6) is -1.75. The molecule has 7 heteroatoms. The number of halogens is 3. The molecule has 1 aromatic heterocycles. The van der Waals surface area contributed by atoms with Crippen LogP contribution in [0.4, 0.5) is 8.78 Å². The Bertz CT molecular complexity index is 585. The van der Waals surface area contributed by atoms with Crippen molar-refractivity contribution < 1.29 is 8.78 Å². The van der Waals surface area contributed by atoms with Crippen molar-refractivity contribution in [3.8, 4) is 0 Å². The first-order valence-electron chi connectivity index (χ1n) is 5.68. The predicted molar refractivity (Wildman–Crippen MR) is 70.6 cm³/mol. The van der Waals surface area contributed by atoms with Gasteiger partial charge < -0.3 is 5.32 Å². The fourth-order valence-electron chi connectivity index (χ4n) is 1.88. The minimum atomic E-state index is -0.878. The number of aromatic nitrogens is 3. The molecule has 1 N–H and O–H groups in total. The van der Waals surface area contributed by atoms with Gasteiger partial charge in [-0.1, -0.05) is 11.3 Å². The third kappa shape index (κ3) is 2.98. The van der Waals surface area contributed by atoms with Crippen molar-refractivity contribution in [2.24, 2.45) is 7.05 Å². The van der Waals surface area contributed by atoms with Crippen molar-refractivity contribution in [1.29, 1.82) is 0 Å². The molecule has 2 aromatic rings. The van der Waals surface area contributed by atoms with Crippen molar-refractivity contribution in [2.75, 3.05) is 7.05 Å². The second-order valence-corrected chi connectivity index (χ2v) is 4.99. The molecule has 0 fully saturated rings. The predicted octanol–water partition coefficient (Wildman–Crippen LogP) is 2.36. The van der Waals surface area contributed by atoms with Gasteiger partial charge in [-0.15, -0.1) is 5.10 Å². The molecule has 102 valence electrons. The van der Waals surface area contributed by atoms with Gasteiger partial charge in [0.05, 0.1) is 10.2 Å². The van der Waals surface area contributed by atoms with Gasteiger partial charge in [0.1, 0.15) is 0 Å². The highest BCUT2D eigenvalue weighted by atomic mass is 79.9. The van der Waals surface area contributed by atoms with Crippen LogP contribution in [0.1, 0.15) is 17.3 Å². The first-order chi connectivity index (χ1) is 9.02. The first kappa shape index (κ1) is 14.1. The molecular formula is C12H13BrF2N4. The first-order valence-corrected chi connectivity index (χ1v) is 6.48. The van der Waals surface area contributed by atoms with E-state index in [0.717, 1.165) is 11.8 Å². The quantitative estimate of drug-likeness (QED) is 0.875. The number of nitrogens with zero attached hydrogens (tertiary/aromatic N) is 3. The molecule has 1 heterocycles. The molecule has 4 nitrogen and oxygen atoms in total. The fraction of sp³-hybridized carbons (Fsp3) is 0.333. The lowest BCUT2D eigenvalue weighted by Crippen LogP contribution is -2.20. The molecule has 0 bridgehead atoms. The van der Waals surface area contributed by atoms with E-state index in [0.29, 0.717) is 12.0 Å². The van der Waals surface area contributed by atoms with E-state index in [1.165, 1.54) is 0 Å². The molecule has 1 aromatic carbocycles. The molecule has 0 amide bonds. The van der Waals surface area contributed by atoms with Crippen LogP contribution in [0, 0.1) is 11.6 Å². The molecule has 0 spiro atoms. The summed E-state index contributed by atoms with van der Waals surface area (Å²) in [6.07, 6.45) is 2.33. The van der Waals surface area contributed by atoms with Crippen LogP contribution in [0.2, 0.25) is 0 Å². The number of benzene rings is 1. The van der Waals surface area contributed by atoms with Crippen molar-refractivity contribution in [3.05, 3.63) is 45.7 Å². The van der Waals surface area contributed by atoms with E-state index in [1.54, 1.807) is 31.0 Å². The molecule has 0 aliphatic heterocycles. The fourth-order valence-corrected chi connectivity index (χ4v) is 2.47. The molecular weight excluding hydrogens is 318 g/mol. The summed E-state index contributed by atoms with van der Waals surface area (Å²) in [5.41, 5.74) is 1.42. The van der Waals surface area contributed by atoms with E-state index in [1.807, 2.05) is 0 Å². The molecule has 0 saturated carbocycles. The zero-order valence-corrected chi connectivity index (χ0v) is 12.1. The molecule has 0 aliphatic rings. The Morgan fingerprint density at radius 3 is 2.74 bits per heavy atom. The van der Waals surface area contributed by atoms with Crippen LogP contribution in [0.25, 0.3) is 0 Å². The van der Waals surface area contributed by atoms with Gasteiger partial charge in [0.2, 0.25) is 0 Å². The summed E-state index contributed by atoms with van der Waals surface area (Å²) in [6, 6.07) is 2.50. The molecule has 0 radical (unpaired) electrons. The highest BCUT2D eigenvalue weighted by Crippen LogP contribution is 2.29. The molecule has 2 rings (SSSR count). The maximum Gasteiger partial charge on any atom is 0.173 e. The van der Waals surface area contributed by atoms with E-state index in [-0.39, 0.29) is 10.5 Å². The van der Waals surface area contributed by atoms with Gasteiger partial charge in [-0.25, -0.2) is 8.78 Å². The van der Waals surface area contributed by atoms with Gasteiger partial charge in [0.25, 0.3) is 0 Å². The molecule has 1 atom stereocenters. The van der Waals surface area contributed by atoms with E-state index >= 15 is 0 Å². The van der Waals surface area contributed by atoms with Crippen LogP contribution in [-0.2, 0) is 13.5 Å². The largest absolute Gasteiger partial charge is 0.313 e. The smallest absolute Gasteiger partial charge is 0.173 e. The topological polar surface area (TPSA) is 42.7 Å². The molecule has 0 saturated heterocycles. The minimum Gasteiger partial charge on any atom is -0.313 e. The highest BCUT2D eigenvalue weighted by molar-refractivity contribution is 9.10. The monoisotopic (exact) mass is 330 g/mol. The maximum atomic E-state index is 13.5. The summed E-state index contributed by atoms with van der Waals surface area (Å²) in [6.45, 7) is 0. The Morgan fingerprint density at radius 2 is 2.16 bits per heavy atom. The zero-order chi connectivity index (χ0) is 14.0. The number of likely N-dealkylation sites (N-methyl/N-ethyl adjacent to an activating group) is 1. The van der Waals surface area contributed by atoms with Gasteiger partial charge in [-0.05, 0) is 34.6 Å². The van der Waals surface area contributed by atoms with Crippen LogP contribution in [-0.4, -0.2) is 22.0 Å². The van der Waals surface area contributed by atoms with Crippen molar-refractivity contribution >= 4 is 15.9 Å². The highest BCUT2D eigenvalue weighted by Gasteiger charge is 2.19. The number of hydrogen-bond donors (Lipinski definition) is 1.